The van der Waals surface area contributed by atoms with E-state index in [0.29, 0.717) is 69.6 Å². The fraction of sp³-hybridized carbons (Fsp3) is 0.242. The first-order valence-corrected chi connectivity index (χ1v) is 16.9. The number of aromatic nitrogens is 1. The van der Waals surface area contributed by atoms with E-state index in [1.165, 1.54) is 23.0 Å². The summed E-state index contributed by atoms with van der Waals surface area (Å²) in [6, 6.07) is 12.9. The highest BCUT2D eigenvalue weighted by Gasteiger charge is 2.35. The zero-order valence-corrected chi connectivity index (χ0v) is 29.8. The molecule has 1 aliphatic heterocycles. The average Bonchev–Trinajstić information content (AvgIpc) is 3.31. The molecular weight excluding hydrogens is 739 g/mol. The average molecular weight is 767 g/mol. The number of hydrogen-bond donors (Lipinski definition) is 0. The molecular formula is C33H28BrCl3N2O6S. The summed E-state index contributed by atoms with van der Waals surface area (Å²) in [6.45, 7) is 6.05. The second kappa shape index (κ2) is 14.6. The molecule has 0 bridgehead atoms. The second-order valence-electron chi connectivity index (χ2n) is 9.97. The van der Waals surface area contributed by atoms with Crippen LogP contribution in [0.3, 0.4) is 0 Å². The number of esters is 1. The minimum atomic E-state index is -0.876. The van der Waals surface area contributed by atoms with Crippen molar-refractivity contribution >= 4 is 74.1 Å². The van der Waals surface area contributed by atoms with Gasteiger partial charge < -0.3 is 18.9 Å². The van der Waals surface area contributed by atoms with Crippen molar-refractivity contribution in [2.24, 2.45) is 4.99 Å². The molecule has 1 aliphatic rings. The largest absolute Gasteiger partial charge is 0.493 e. The zero-order chi connectivity index (χ0) is 33.1. The third-order valence-corrected chi connectivity index (χ3v) is 9.54. The molecule has 0 aliphatic carbocycles. The van der Waals surface area contributed by atoms with Gasteiger partial charge in [0.05, 0.1) is 42.2 Å². The van der Waals surface area contributed by atoms with Gasteiger partial charge >= 0.3 is 5.97 Å². The van der Waals surface area contributed by atoms with Crippen LogP contribution in [0.4, 0.5) is 0 Å². The number of halogens is 4. The lowest BCUT2D eigenvalue weighted by Gasteiger charge is -2.26. The predicted octanol–water partition coefficient (Wildman–Crippen LogP) is 7.51. The van der Waals surface area contributed by atoms with Crippen molar-refractivity contribution in [1.29, 1.82) is 0 Å². The number of ether oxygens (including phenoxy) is 4. The highest BCUT2D eigenvalue weighted by atomic mass is 79.9. The van der Waals surface area contributed by atoms with Gasteiger partial charge in [0.1, 0.15) is 12.4 Å². The number of rotatable bonds is 10. The van der Waals surface area contributed by atoms with E-state index in [1.54, 1.807) is 68.5 Å². The third-order valence-electron chi connectivity index (χ3n) is 7.05. The van der Waals surface area contributed by atoms with Crippen LogP contribution in [-0.2, 0) is 16.1 Å². The number of carbonyl (C=O) groups excluding carboxylic acids is 1. The maximum absolute atomic E-state index is 14.3. The standard InChI is InChI=1S/C33H28BrCl3N2O6S/c1-5-43-27-15-23(34)22(14-26(27)42-4)30-29(32(41)44-6-2)17(3)38-33-39(30)31(40)28(46-33)12-19-11-20(35)9-10-25(19)45-16-18-7-8-21(36)13-24(18)37/h7-15,30H,5-6,16H2,1-4H3/b28-12+/t30-/m0/s1. The zero-order valence-electron chi connectivity index (χ0n) is 25.2. The molecule has 0 spiro atoms. The Balaban J connectivity index is 1.66. The van der Waals surface area contributed by atoms with Crippen LogP contribution in [0, 0.1) is 0 Å². The molecule has 46 heavy (non-hydrogen) atoms. The van der Waals surface area contributed by atoms with Gasteiger partial charge in [-0.2, -0.15) is 0 Å². The van der Waals surface area contributed by atoms with Gasteiger partial charge in [0.2, 0.25) is 0 Å². The second-order valence-corrected chi connectivity index (χ2v) is 13.1. The molecule has 4 aromatic rings. The smallest absolute Gasteiger partial charge is 0.338 e. The van der Waals surface area contributed by atoms with E-state index in [1.807, 2.05) is 6.92 Å². The van der Waals surface area contributed by atoms with E-state index in [-0.39, 0.29) is 24.3 Å². The summed E-state index contributed by atoms with van der Waals surface area (Å²) < 4.78 is 25.4. The lowest BCUT2D eigenvalue weighted by atomic mass is 9.95. The maximum atomic E-state index is 14.3. The lowest BCUT2D eigenvalue weighted by Crippen LogP contribution is -2.40. The highest BCUT2D eigenvalue weighted by Crippen LogP contribution is 2.41. The molecule has 3 aromatic carbocycles. The van der Waals surface area contributed by atoms with Crippen LogP contribution in [0.5, 0.6) is 17.2 Å². The summed E-state index contributed by atoms with van der Waals surface area (Å²) in [4.78, 5) is 32.7. The Kier molecular flexibility index (Phi) is 10.8. The van der Waals surface area contributed by atoms with Gasteiger partial charge in [-0.25, -0.2) is 9.79 Å². The molecule has 1 atom stereocenters. The van der Waals surface area contributed by atoms with Crippen molar-refractivity contribution in [3.05, 3.63) is 116 Å². The van der Waals surface area contributed by atoms with Crippen LogP contribution in [-0.4, -0.2) is 30.9 Å². The van der Waals surface area contributed by atoms with Gasteiger partial charge in [0.25, 0.3) is 5.56 Å². The Labute approximate surface area is 292 Å². The van der Waals surface area contributed by atoms with Crippen LogP contribution in [0.15, 0.2) is 74.1 Å². The van der Waals surface area contributed by atoms with E-state index >= 15 is 0 Å². The number of fused-ring (bicyclic) bond motifs is 1. The molecule has 0 saturated heterocycles. The van der Waals surface area contributed by atoms with E-state index < -0.39 is 12.0 Å². The van der Waals surface area contributed by atoms with Crippen molar-refractivity contribution < 1.29 is 23.7 Å². The van der Waals surface area contributed by atoms with Gasteiger partial charge in [0, 0.05) is 30.7 Å². The van der Waals surface area contributed by atoms with E-state index in [9.17, 15) is 9.59 Å². The van der Waals surface area contributed by atoms with E-state index in [4.69, 9.17) is 53.8 Å². The fourth-order valence-electron chi connectivity index (χ4n) is 4.97. The highest BCUT2D eigenvalue weighted by molar-refractivity contribution is 9.10. The minimum absolute atomic E-state index is 0.152. The quantitative estimate of drug-likeness (QED) is 0.156. The molecule has 0 radical (unpaired) electrons. The molecule has 240 valence electrons. The monoisotopic (exact) mass is 764 g/mol. The van der Waals surface area contributed by atoms with Gasteiger partial charge in [0.15, 0.2) is 16.3 Å². The van der Waals surface area contributed by atoms with Crippen molar-refractivity contribution in [1.82, 2.24) is 4.57 Å². The normalized spacial score (nSPS) is 14.5. The van der Waals surface area contributed by atoms with Crippen LogP contribution >= 0.6 is 62.1 Å². The van der Waals surface area contributed by atoms with Crippen molar-refractivity contribution in [3.8, 4) is 17.2 Å². The number of thiazole rings is 1. The number of benzene rings is 3. The summed E-state index contributed by atoms with van der Waals surface area (Å²) in [7, 11) is 1.53. The molecule has 5 rings (SSSR count). The van der Waals surface area contributed by atoms with Gasteiger partial charge in [-0.05, 0) is 74.9 Å². The summed E-state index contributed by atoms with van der Waals surface area (Å²) >= 11 is 23.6. The third kappa shape index (κ3) is 7.01. The lowest BCUT2D eigenvalue weighted by molar-refractivity contribution is -0.139. The predicted molar refractivity (Wildman–Crippen MR) is 185 cm³/mol. The van der Waals surface area contributed by atoms with Crippen molar-refractivity contribution in [3.63, 3.8) is 0 Å². The minimum Gasteiger partial charge on any atom is -0.493 e. The number of hydrogen-bond acceptors (Lipinski definition) is 8. The summed E-state index contributed by atoms with van der Waals surface area (Å²) in [5, 5.41) is 1.45. The number of nitrogens with zero attached hydrogens (tertiary/aromatic N) is 2. The SMILES string of the molecule is CCOC(=O)C1=C(C)N=c2s/c(=C/c3cc(Cl)ccc3OCc3ccc(Cl)cc3Cl)c(=O)n2[C@H]1c1cc(OC)c(OCC)cc1Br. The Morgan fingerprint density at radius 2 is 1.74 bits per heavy atom. The van der Waals surface area contributed by atoms with Crippen molar-refractivity contribution in [2.75, 3.05) is 20.3 Å². The Hall–Kier alpha value is -3.28. The van der Waals surface area contributed by atoms with Gasteiger partial charge in [-0.15, -0.1) is 0 Å². The number of allylic oxidation sites excluding steroid dienone is 1. The van der Waals surface area contributed by atoms with Crippen LogP contribution in [0.25, 0.3) is 6.08 Å². The number of carbonyl (C=O) groups is 1. The van der Waals surface area contributed by atoms with Gasteiger partial charge in [-0.1, -0.05) is 68.1 Å². The topological polar surface area (TPSA) is 88.4 Å². The van der Waals surface area contributed by atoms with E-state index in [0.717, 1.165) is 5.56 Å². The first-order valence-electron chi connectivity index (χ1n) is 14.1. The Morgan fingerprint density at radius 1 is 1.00 bits per heavy atom. The molecule has 1 aromatic heterocycles. The molecule has 2 heterocycles. The molecule has 0 unspecified atom stereocenters. The van der Waals surface area contributed by atoms with E-state index in [2.05, 4.69) is 20.9 Å². The fourth-order valence-corrected chi connectivity index (χ4v) is 7.19. The van der Waals surface area contributed by atoms with Crippen LogP contribution < -0.4 is 29.1 Å². The summed E-state index contributed by atoms with van der Waals surface area (Å²) in [6.07, 6.45) is 1.70. The Morgan fingerprint density at radius 3 is 2.43 bits per heavy atom. The summed E-state index contributed by atoms with van der Waals surface area (Å²) in [5.41, 5.74) is 2.21. The first kappa shape index (κ1) is 34.1. The molecule has 0 saturated carbocycles. The Bertz CT molecular complexity index is 2040. The molecule has 0 fully saturated rings. The maximum Gasteiger partial charge on any atom is 0.338 e. The van der Waals surface area contributed by atoms with Crippen LogP contribution in [0.2, 0.25) is 15.1 Å². The van der Waals surface area contributed by atoms with Crippen molar-refractivity contribution in [2.45, 2.75) is 33.4 Å². The molecule has 13 heteroatoms. The van der Waals surface area contributed by atoms with Gasteiger partial charge in [-0.3, -0.25) is 9.36 Å². The molecule has 0 amide bonds. The summed E-state index contributed by atoms with van der Waals surface area (Å²) in [5.74, 6) is 0.871. The molecule has 8 nitrogen and oxygen atoms in total. The van der Waals surface area contributed by atoms with Crippen LogP contribution in [0.1, 0.15) is 43.5 Å². The molecule has 0 N–H and O–H groups in total. The number of methoxy groups -OCH3 is 1. The first-order chi connectivity index (χ1) is 22.1.